The molecule has 0 saturated carbocycles. The first-order valence-corrected chi connectivity index (χ1v) is 10.2. The van der Waals surface area contributed by atoms with Crippen molar-refractivity contribution in [3.8, 4) is 0 Å². The Hall–Kier alpha value is -2.34. The van der Waals surface area contributed by atoms with Crippen LogP contribution >= 0.6 is 0 Å². The van der Waals surface area contributed by atoms with Crippen molar-refractivity contribution in [1.29, 1.82) is 0 Å². The molecular formula is C20H24N2O3S. The van der Waals surface area contributed by atoms with Crippen molar-refractivity contribution in [2.45, 2.75) is 38.0 Å². The quantitative estimate of drug-likeness (QED) is 0.825. The monoisotopic (exact) mass is 372 g/mol. The molecule has 0 unspecified atom stereocenters. The van der Waals surface area contributed by atoms with Gasteiger partial charge in [-0.05, 0) is 47.7 Å². The molecule has 0 radical (unpaired) electrons. The minimum absolute atomic E-state index is 0.0732. The predicted molar refractivity (Wildman–Crippen MR) is 104 cm³/mol. The van der Waals surface area contributed by atoms with Crippen LogP contribution in [0, 0.1) is 0 Å². The van der Waals surface area contributed by atoms with E-state index in [1.165, 1.54) is 11.2 Å². The molecule has 0 fully saturated rings. The zero-order chi connectivity index (χ0) is 19.1. The molecule has 1 aliphatic heterocycles. The third kappa shape index (κ3) is 3.21. The summed E-state index contributed by atoms with van der Waals surface area (Å²) in [5.41, 5.74) is 3.47. The van der Waals surface area contributed by atoms with Gasteiger partial charge in [0.1, 0.15) is 0 Å². The van der Waals surface area contributed by atoms with Gasteiger partial charge in [0.05, 0.1) is 10.6 Å². The number of hydrogen-bond acceptors (Lipinski definition) is 3. The van der Waals surface area contributed by atoms with Crippen LogP contribution < -0.4 is 9.21 Å². The first kappa shape index (κ1) is 18.5. The zero-order valence-electron chi connectivity index (χ0n) is 15.6. The molecule has 1 amide bonds. The molecule has 2 aromatic rings. The Morgan fingerprint density at radius 3 is 2.35 bits per heavy atom. The molecule has 3 rings (SSSR count). The van der Waals surface area contributed by atoms with E-state index in [1.807, 2.05) is 24.3 Å². The first-order chi connectivity index (χ1) is 12.2. The van der Waals surface area contributed by atoms with E-state index in [0.29, 0.717) is 23.8 Å². The molecule has 0 N–H and O–H groups in total. The summed E-state index contributed by atoms with van der Waals surface area (Å²) in [6.45, 7) is 6.29. The number of benzene rings is 2. The summed E-state index contributed by atoms with van der Waals surface area (Å²) in [4.78, 5) is 13.6. The highest BCUT2D eigenvalue weighted by Gasteiger charge is 2.27. The van der Waals surface area contributed by atoms with Gasteiger partial charge in [0.25, 0.3) is 10.0 Å². The second-order valence-corrected chi connectivity index (χ2v) is 8.90. The van der Waals surface area contributed by atoms with Gasteiger partial charge < -0.3 is 4.90 Å². The van der Waals surface area contributed by atoms with Crippen LogP contribution in [-0.4, -0.2) is 27.9 Å². The molecule has 0 saturated heterocycles. The number of carbonyl (C=O) groups is 1. The van der Waals surface area contributed by atoms with Gasteiger partial charge in [0.15, 0.2) is 0 Å². The second kappa shape index (κ2) is 6.76. The zero-order valence-corrected chi connectivity index (χ0v) is 16.4. The van der Waals surface area contributed by atoms with Gasteiger partial charge in [0, 0.05) is 26.2 Å². The Labute approximate surface area is 155 Å². The Kier molecular flexibility index (Phi) is 4.80. The topological polar surface area (TPSA) is 57.7 Å². The van der Waals surface area contributed by atoms with Crippen LogP contribution in [0.25, 0.3) is 0 Å². The molecule has 0 aliphatic carbocycles. The summed E-state index contributed by atoms with van der Waals surface area (Å²) in [7, 11) is -2.15. The summed E-state index contributed by atoms with van der Waals surface area (Å²) in [6, 6.07) is 12.6. The smallest absolute Gasteiger partial charge is 0.264 e. The van der Waals surface area contributed by atoms with Crippen molar-refractivity contribution in [3.05, 3.63) is 53.6 Å². The number of anilines is 2. The number of amides is 1. The Balaban J connectivity index is 1.95. The fraction of sp³-hybridized carbons (Fsp3) is 0.350. The fourth-order valence-electron chi connectivity index (χ4n) is 3.21. The Morgan fingerprint density at radius 1 is 1.12 bits per heavy atom. The maximum atomic E-state index is 13.1. The normalized spacial score (nSPS) is 13.8. The molecular weight excluding hydrogens is 348 g/mol. The molecule has 0 bridgehead atoms. The van der Waals surface area contributed by atoms with Crippen molar-refractivity contribution in [1.82, 2.24) is 0 Å². The van der Waals surface area contributed by atoms with E-state index >= 15 is 0 Å². The molecule has 6 heteroatoms. The summed E-state index contributed by atoms with van der Waals surface area (Å²) < 4.78 is 27.4. The highest BCUT2D eigenvalue weighted by atomic mass is 32.2. The van der Waals surface area contributed by atoms with Crippen molar-refractivity contribution >= 4 is 27.3 Å². The van der Waals surface area contributed by atoms with Crippen LogP contribution in [0.2, 0.25) is 0 Å². The van der Waals surface area contributed by atoms with Gasteiger partial charge in [-0.1, -0.05) is 32.0 Å². The molecule has 1 aliphatic rings. The van der Waals surface area contributed by atoms with Gasteiger partial charge in [-0.25, -0.2) is 8.42 Å². The number of sulfonamides is 1. The maximum Gasteiger partial charge on any atom is 0.264 e. The lowest BCUT2D eigenvalue weighted by molar-refractivity contribution is -0.116. The average Bonchev–Trinajstić information content (AvgIpc) is 3.04. The van der Waals surface area contributed by atoms with Crippen LogP contribution in [0.3, 0.4) is 0 Å². The van der Waals surface area contributed by atoms with E-state index in [2.05, 4.69) is 13.8 Å². The van der Waals surface area contributed by atoms with Crippen molar-refractivity contribution in [2.24, 2.45) is 0 Å². The minimum atomic E-state index is -3.70. The lowest BCUT2D eigenvalue weighted by Crippen LogP contribution is -2.28. The van der Waals surface area contributed by atoms with Crippen molar-refractivity contribution in [2.75, 3.05) is 22.8 Å². The van der Waals surface area contributed by atoms with Crippen LogP contribution in [0.4, 0.5) is 11.4 Å². The van der Waals surface area contributed by atoms with Gasteiger partial charge in [-0.3, -0.25) is 9.10 Å². The lowest BCUT2D eigenvalue weighted by atomic mass is 10.0. The predicted octanol–water partition coefficient (Wildman–Crippen LogP) is 3.54. The SMILES string of the molecule is CC(=O)N1CCc2ccc(S(=O)(=O)N(C)c3ccc(C(C)C)cc3)cc21. The third-order valence-electron chi connectivity index (χ3n) is 4.91. The van der Waals surface area contributed by atoms with E-state index in [1.54, 1.807) is 30.1 Å². The average molecular weight is 372 g/mol. The molecule has 0 atom stereocenters. The summed E-state index contributed by atoms with van der Waals surface area (Å²) in [6.07, 6.45) is 0.752. The molecule has 138 valence electrons. The van der Waals surface area contributed by atoms with E-state index in [0.717, 1.165) is 17.5 Å². The minimum Gasteiger partial charge on any atom is -0.312 e. The van der Waals surface area contributed by atoms with E-state index in [4.69, 9.17) is 0 Å². The molecule has 0 spiro atoms. The molecule has 1 heterocycles. The van der Waals surface area contributed by atoms with Crippen LogP contribution in [-0.2, 0) is 21.2 Å². The third-order valence-corrected chi connectivity index (χ3v) is 6.70. The number of carbonyl (C=O) groups excluding carboxylic acids is 1. The molecule has 26 heavy (non-hydrogen) atoms. The first-order valence-electron chi connectivity index (χ1n) is 8.71. The van der Waals surface area contributed by atoms with Crippen molar-refractivity contribution in [3.63, 3.8) is 0 Å². The second-order valence-electron chi connectivity index (χ2n) is 6.93. The van der Waals surface area contributed by atoms with Gasteiger partial charge >= 0.3 is 0 Å². The molecule has 2 aromatic carbocycles. The van der Waals surface area contributed by atoms with Gasteiger partial charge in [0.2, 0.25) is 5.91 Å². The molecule has 0 aromatic heterocycles. The summed E-state index contributed by atoms with van der Waals surface area (Å²) >= 11 is 0. The highest BCUT2D eigenvalue weighted by molar-refractivity contribution is 7.92. The Bertz CT molecular complexity index is 934. The van der Waals surface area contributed by atoms with Crippen LogP contribution in [0.5, 0.6) is 0 Å². The maximum absolute atomic E-state index is 13.1. The largest absolute Gasteiger partial charge is 0.312 e. The number of nitrogens with zero attached hydrogens (tertiary/aromatic N) is 2. The van der Waals surface area contributed by atoms with E-state index in [9.17, 15) is 13.2 Å². The number of hydrogen-bond donors (Lipinski definition) is 0. The number of rotatable bonds is 4. The van der Waals surface area contributed by atoms with E-state index in [-0.39, 0.29) is 10.8 Å². The van der Waals surface area contributed by atoms with Gasteiger partial charge in [-0.15, -0.1) is 0 Å². The number of fused-ring (bicyclic) bond motifs is 1. The molecule has 5 nitrogen and oxygen atoms in total. The highest BCUT2D eigenvalue weighted by Crippen LogP contribution is 2.32. The lowest BCUT2D eigenvalue weighted by Gasteiger charge is -2.21. The fourth-order valence-corrected chi connectivity index (χ4v) is 4.43. The van der Waals surface area contributed by atoms with Gasteiger partial charge in [-0.2, -0.15) is 0 Å². The van der Waals surface area contributed by atoms with Crippen LogP contribution in [0.1, 0.15) is 37.8 Å². The summed E-state index contributed by atoms with van der Waals surface area (Å²) in [5.74, 6) is 0.316. The standard InChI is InChI=1S/C20H24N2O3S/c1-14(2)16-5-8-18(9-6-16)21(4)26(24,25)19-10-7-17-11-12-22(15(3)23)20(17)13-19/h5-10,13-14H,11-12H2,1-4H3. The van der Waals surface area contributed by atoms with Crippen molar-refractivity contribution < 1.29 is 13.2 Å². The summed E-state index contributed by atoms with van der Waals surface area (Å²) in [5, 5.41) is 0. The van der Waals surface area contributed by atoms with E-state index < -0.39 is 10.0 Å². The Morgan fingerprint density at radius 2 is 1.77 bits per heavy atom. The van der Waals surface area contributed by atoms with Crippen LogP contribution in [0.15, 0.2) is 47.4 Å².